The van der Waals surface area contributed by atoms with Crippen LogP contribution in [0.1, 0.15) is 46.0 Å². The van der Waals surface area contributed by atoms with Crippen molar-refractivity contribution in [1.82, 2.24) is 19.8 Å². The van der Waals surface area contributed by atoms with E-state index in [0.29, 0.717) is 38.3 Å². The summed E-state index contributed by atoms with van der Waals surface area (Å²) >= 11 is 0. The van der Waals surface area contributed by atoms with Crippen LogP contribution >= 0.6 is 0 Å². The van der Waals surface area contributed by atoms with Gasteiger partial charge in [-0.15, -0.1) is 0 Å². The Bertz CT molecular complexity index is 977. The SMILES string of the molecule is CC(C)C[C@@H](NS(=O)(=O)c1ccccc1)C(=O)N1CCC[C@H]1C(=O)NCC1CCN(C=NN)CC1. The zero-order valence-corrected chi connectivity index (χ0v) is 21.4. The summed E-state index contributed by atoms with van der Waals surface area (Å²) in [5, 5.41) is 6.59. The van der Waals surface area contributed by atoms with Gasteiger partial charge in [-0.25, -0.2) is 8.42 Å². The second kappa shape index (κ2) is 12.3. The van der Waals surface area contributed by atoms with Crippen LogP contribution in [0.4, 0.5) is 0 Å². The number of sulfonamides is 1. The number of piperidine rings is 1. The first kappa shape index (κ1) is 26.9. The van der Waals surface area contributed by atoms with Crippen LogP contribution in [-0.4, -0.2) is 74.6 Å². The molecule has 3 rings (SSSR count). The van der Waals surface area contributed by atoms with Gasteiger partial charge in [0, 0.05) is 26.2 Å². The summed E-state index contributed by atoms with van der Waals surface area (Å²) in [6.45, 7) is 6.56. The van der Waals surface area contributed by atoms with Gasteiger partial charge in [-0.2, -0.15) is 9.82 Å². The molecule has 10 nitrogen and oxygen atoms in total. The summed E-state index contributed by atoms with van der Waals surface area (Å²) in [7, 11) is -3.87. The molecule has 0 aromatic heterocycles. The third-order valence-electron chi connectivity index (χ3n) is 6.64. The average molecular weight is 507 g/mol. The number of likely N-dealkylation sites (tertiary alicyclic amines) is 2. The molecular formula is C24H38N6O4S. The van der Waals surface area contributed by atoms with Gasteiger partial charge in [0.2, 0.25) is 21.8 Å². The molecule has 35 heavy (non-hydrogen) atoms. The van der Waals surface area contributed by atoms with Crippen molar-refractivity contribution in [2.24, 2.45) is 22.8 Å². The first-order valence-electron chi connectivity index (χ1n) is 12.3. The molecule has 2 fully saturated rings. The van der Waals surface area contributed by atoms with Crippen LogP contribution < -0.4 is 15.9 Å². The van der Waals surface area contributed by atoms with E-state index in [2.05, 4.69) is 20.0 Å². The Hall–Kier alpha value is -2.66. The van der Waals surface area contributed by atoms with E-state index in [1.165, 1.54) is 12.1 Å². The van der Waals surface area contributed by atoms with Gasteiger partial charge in [-0.05, 0) is 56.1 Å². The molecule has 2 aliphatic rings. The van der Waals surface area contributed by atoms with Crippen LogP contribution in [0.15, 0.2) is 40.3 Å². The third-order valence-corrected chi connectivity index (χ3v) is 8.13. The Morgan fingerprint density at radius 2 is 1.83 bits per heavy atom. The molecule has 194 valence electrons. The molecule has 2 saturated heterocycles. The fourth-order valence-corrected chi connectivity index (χ4v) is 5.98. The molecule has 2 heterocycles. The lowest BCUT2D eigenvalue weighted by Gasteiger charge is -2.32. The molecule has 2 amide bonds. The summed E-state index contributed by atoms with van der Waals surface area (Å²) < 4.78 is 28.4. The van der Waals surface area contributed by atoms with Crippen LogP contribution in [0.25, 0.3) is 0 Å². The maximum Gasteiger partial charge on any atom is 0.242 e. The van der Waals surface area contributed by atoms with Gasteiger partial charge in [0.15, 0.2) is 0 Å². The number of nitrogens with one attached hydrogen (secondary N) is 2. The summed E-state index contributed by atoms with van der Waals surface area (Å²) in [6.07, 6.45) is 5.12. The van der Waals surface area contributed by atoms with Crippen LogP contribution in [0.3, 0.4) is 0 Å². The van der Waals surface area contributed by atoms with Gasteiger partial charge >= 0.3 is 0 Å². The number of carbonyl (C=O) groups excluding carboxylic acids is 2. The van der Waals surface area contributed by atoms with E-state index in [4.69, 9.17) is 5.84 Å². The van der Waals surface area contributed by atoms with Crippen molar-refractivity contribution in [2.75, 3.05) is 26.2 Å². The molecule has 11 heteroatoms. The fraction of sp³-hybridized carbons (Fsp3) is 0.625. The van der Waals surface area contributed by atoms with E-state index in [1.54, 1.807) is 29.4 Å². The highest BCUT2D eigenvalue weighted by Crippen LogP contribution is 2.22. The van der Waals surface area contributed by atoms with Crippen molar-refractivity contribution in [2.45, 2.75) is 62.9 Å². The summed E-state index contributed by atoms with van der Waals surface area (Å²) in [4.78, 5) is 30.2. The van der Waals surface area contributed by atoms with Gasteiger partial charge in [0.05, 0.1) is 4.90 Å². The number of hydrogen-bond donors (Lipinski definition) is 3. The highest BCUT2D eigenvalue weighted by molar-refractivity contribution is 7.89. The highest BCUT2D eigenvalue weighted by atomic mass is 32.2. The Labute approximate surface area is 208 Å². The molecule has 1 aromatic carbocycles. The molecule has 4 N–H and O–H groups in total. The number of hydrogen-bond acceptors (Lipinski definition) is 6. The molecule has 2 atom stereocenters. The fourth-order valence-electron chi connectivity index (χ4n) is 4.76. The van der Waals surface area contributed by atoms with E-state index in [-0.39, 0.29) is 22.6 Å². The Kier molecular flexibility index (Phi) is 9.50. The van der Waals surface area contributed by atoms with Gasteiger partial charge in [-0.1, -0.05) is 32.0 Å². The van der Waals surface area contributed by atoms with Crippen molar-refractivity contribution in [1.29, 1.82) is 0 Å². The molecule has 1 aromatic rings. The number of hydrazone groups is 1. The molecule has 0 saturated carbocycles. The molecule has 0 bridgehead atoms. The van der Waals surface area contributed by atoms with Crippen molar-refractivity contribution in [3.63, 3.8) is 0 Å². The summed E-state index contributed by atoms with van der Waals surface area (Å²) in [6, 6.07) is 6.51. The number of amides is 2. The summed E-state index contributed by atoms with van der Waals surface area (Å²) in [5.41, 5.74) is 0. The van der Waals surface area contributed by atoms with Crippen LogP contribution in [0, 0.1) is 11.8 Å². The third kappa shape index (κ3) is 7.41. The molecule has 2 aliphatic heterocycles. The minimum atomic E-state index is -3.87. The molecule has 0 spiro atoms. The zero-order valence-electron chi connectivity index (χ0n) is 20.6. The van der Waals surface area contributed by atoms with E-state index >= 15 is 0 Å². The van der Waals surface area contributed by atoms with Gasteiger partial charge in [0.25, 0.3) is 0 Å². The van der Waals surface area contributed by atoms with E-state index in [0.717, 1.165) is 25.9 Å². The summed E-state index contributed by atoms with van der Waals surface area (Å²) in [5.74, 6) is 5.15. The maximum absolute atomic E-state index is 13.5. The largest absolute Gasteiger partial charge is 0.361 e. The van der Waals surface area contributed by atoms with Crippen LogP contribution in [0.5, 0.6) is 0 Å². The predicted molar refractivity (Wildman–Crippen MR) is 135 cm³/mol. The Morgan fingerprint density at radius 1 is 1.14 bits per heavy atom. The lowest BCUT2D eigenvalue weighted by molar-refractivity contribution is -0.140. The van der Waals surface area contributed by atoms with Crippen molar-refractivity contribution in [3.8, 4) is 0 Å². The van der Waals surface area contributed by atoms with Gasteiger partial charge in [0.1, 0.15) is 18.4 Å². The number of nitrogens with zero attached hydrogens (tertiary/aromatic N) is 3. The smallest absolute Gasteiger partial charge is 0.242 e. The average Bonchev–Trinajstić information content (AvgIpc) is 3.33. The molecular weight excluding hydrogens is 468 g/mol. The van der Waals surface area contributed by atoms with Crippen molar-refractivity contribution < 1.29 is 18.0 Å². The molecule has 0 radical (unpaired) electrons. The first-order valence-corrected chi connectivity index (χ1v) is 13.8. The second-order valence-electron chi connectivity index (χ2n) is 9.80. The van der Waals surface area contributed by atoms with Crippen LogP contribution in [-0.2, 0) is 19.6 Å². The topological polar surface area (TPSA) is 137 Å². The lowest BCUT2D eigenvalue weighted by Crippen LogP contribution is -2.54. The van der Waals surface area contributed by atoms with Gasteiger partial charge in [-0.3, -0.25) is 9.59 Å². The van der Waals surface area contributed by atoms with Crippen molar-refractivity contribution >= 4 is 28.2 Å². The first-order chi connectivity index (χ1) is 16.7. The highest BCUT2D eigenvalue weighted by Gasteiger charge is 2.38. The number of carbonyl (C=O) groups is 2. The lowest BCUT2D eigenvalue weighted by atomic mass is 9.97. The van der Waals surface area contributed by atoms with Gasteiger partial charge < -0.3 is 21.0 Å². The van der Waals surface area contributed by atoms with E-state index in [1.807, 2.05) is 13.8 Å². The van der Waals surface area contributed by atoms with E-state index in [9.17, 15) is 18.0 Å². The number of nitrogens with two attached hydrogens (primary N) is 1. The Morgan fingerprint density at radius 3 is 2.46 bits per heavy atom. The van der Waals surface area contributed by atoms with E-state index < -0.39 is 22.1 Å². The quantitative estimate of drug-likeness (QED) is 0.188. The maximum atomic E-state index is 13.5. The monoisotopic (exact) mass is 506 g/mol. The second-order valence-corrected chi connectivity index (χ2v) is 11.5. The predicted octanol–water partition coefficient (Wildman–Crippen LogP) is 1.10. The van der Waals surface area contributed by atoms with Crippen molar-refractivity contribution in [3.05, 3.63) is 30.3 Å². The minimum absolute atomic E-state index is 0.0903. The number of rotatable bonds is 10. The van der Waals surface area contributed by atoms with Crippen LogP contribution in [0.2, 0.25) is 0 Å². The standard InChI is InChI=1S/C24H38N6O4S/c1-18(2)15-21(28-35(33,34)20-7-4-3-5-8-20)24(32)30-12-6-9-22(30)23(31)26-16-19-10-13-29(14-11-19)17-27-25/h3-5,7-8,17-19,21-22,28H,6,9-16,25H2,1-2H3,(H,26,31)/t21-,22+/m1/s1. The number of benzene rings is 1. The molecule has 0 aliphatic carbocycles. The normalized spacial score (nSPS) is 20.5. The molecule has 0 unspecified atom stereocenters. The minimum Gasteiger partial charge on any atom is -0.361 e. The Balaban J connectivity index is 1.62. The zero-order chi connectivity index (χ0) is 25.4.